The minimum absolute atomic E-state index is 0.296. The molecule has 0 saturated carbocycles. The Morgan fingerprint density at radius 2 is 1.70 bits per heavy atom. The van der Waals surface area contributed by atoms with Crippen LogP contribution in [0.4, 0.5) is 5.69 Å². The highest BCUT2D eigenvalue weighted by Gasteiger charge is 2.23. The normalized spacial score (nSPS) is 11.8. The minimum Gasteiger partial charge on any atom is -0.497 e. The fourth-order valence-electron chi connectivity index (χ4n) is 1.74. The average Bonchev–Trinajstić information content (AvgIpc) is 2.53. The van der Waals surface area contributed by atoms with Crippen molar-refractivity contribution in [2.75, 3.05) is 12.2 Å². The molecule has 0 aliphatic rings. The Bertz CT molecular complexity index is 568. The van der Waals surface area contributed by atoms with Crippen molar-refractivity contribution in [2.45, 2.75) is 6.10 Å². The molecule has 0 bridgehead atoms. The van der Waals surface area contributed by atoms with Crippen LogP contribution in [0.15, 0.2) is 54.6 Å². The maximum atomic E-state index is 12.0. The van der Waals surface area contributed by atoms with E-state index in [-0.39, 0.29) is 0 Å². The number of ether oxygens (including phenoxy) is 1. The first-order chi connectivity index (χ1) is 9.63. The lowest BCUT2D eigenvalue weighted by atomic mass is 10.1. The van der Waals surface area contributed by atoms with Gasteiger partial charge in [-0.05, 0) is 29.8 Å². The van der Waals surface area contributed by atoms with Crippen LogP contribution in [0.2, 0.25) is 0 Å². The Morgan fingerprint density at radius 3 is 2.25 bits per heavy atom. The van der Waals surface area contributed by atoms with Gasteiger partial charge in [0.1, 0.15) is 5.75 Å². The Labute approximate surface area is 116 Å². The van der Waals surface area contributed by atoms with Crippen LogP contribution in [0.25, 0.3) is 0 Å². The van der Waals surface area contributed by atoms with E-state index in [0.717, 1.165) is 0 Å². The van der Waals surface area contributed by atoms with Crippen LogP contribution < -0.4 is 9.80 Å². The summed E-state index contributed by atoms with van der Waals surface area (Å²) in [5.74, 6) is -0.196. The minimum atomic E-state index is -1.44. The largest absolute Gasteiger partial charge is 0.497 e. The molecule has 0 spiro atoms. The smallest absolute Gasteiger partial charge is 0.284 e. The van der Waals surface area contributed by atoms with E-state index >= 15 is 0 Å². The van der Waals surface area contributed by atoms with Gasteiger partial charge in [0.05, 0.1) is 12.8 Å². The Morgan fingerprint density at radius 1 is 1.10 bits per heavy atom. The van der Waals surface area contributed by atoms with Crippen LogP contribution >= 0.6 is 0 Å². The van der Waals surface area contributed by atoms with E-state index in [1.54, 1.807) is 54.6 Å². The van der Waals surface area contributed by atoms with E-state index in [9.17, 15) is 15.1 Å². The lowest BCUT2D eigenvalue weighted by Gasteiger charge is -2.18. The lowest BCUT2D eigenvalue weighted by Crippen LogP contribution is -2.32. The molecular weight excluding hydrogens is 258 g/mol. The second-order valence-corrected chi connectivity index (χ2v) is 4.16. The number of carbonyl (C=O) groups excluding carboxylic acids is 1. The van der Waals surface area contributed by atoms with Crippen molar-refractivity contribution < 1.29 is 19.8 Å². The fourth-order valence-corrected chi connectivity index (χ4v) is 1.74. The van der Waals surface area contributed by atoms with E-state index in [4.69, 9.17) is 4.74 Å². The summed E-state index contributed by atoms with van der Waals surface area (Å²) in [6, 6.07) is 14.7. The predicted molar refractivity (Wildman–Crippen MR) is 73.7 cm³/mol. The number of anilines is 1. The van der Waals surface area contributed by atoms with Gasteiger partial charge in [-0.15, -0.1) is 0 Å². The number of rotatable bonds is 4. The molecule has 2 rings (SSSR count). The molecule has 0 aliphatic heterocycles. The number of para-hydroxylation sites is 1. The Kier molecular flexibility index (Phi) is 4.34. The molecule has 1 unspecified atom stereocenters. The van der Waals surface area contributed by atoms with Crippen molar-refractivity contribution in [3.05, 3.63) is 60.2 Å². The summed E-state index contributed by atoms with van der Waals surface area (Å²) in [4.78, 5) is 12.0. The van der Waals surface area contributed by atoms with Crippen molar-refractivity contribution in [2.24, 2.45) is 0 Å². The maximum absolute atomic E-state index is 12.0. The lowest BCUT2D eigenvalue weighted by molar-refractivity contribution is -0.132. The predicted octanol–water partition coefficient (Wildman–Crippen LogP) is 2.15. The molecule has 5 nitrogen and oxygen atoms in total. The second kappa shape index (κ2) is 6.18. The van der Waals surface area contributed by atoms with Gasteiger partial charge in [0.2, 0.25) is 0 Å². The third kappa shape index (κ3) is 2.96. The number of hydrogen-bond donors (Lipinski definition) is 2. The first kappa shape index (κ1) is 14.0. The molecule has 5 heteroatoms. The van der Waals surface area contributed by atoms with Crippen molar-refractivity contribution >= 4 is 11.6 Å². The molecule has 0 saturated heterocycles. The van der Waals surface area contributed by atoms with Gasteiger partial charge in [-0.3, -0.25) is 10.0 Å². The van der Waals surface area contributed by atoms with Crippen LogP contribution in [-0.2, 0) is 4.79 Å². The molecule has 104 valence electrons. The first-order valence-electron chi connectivity index (χ1n) is 6.03. The molecule has 0 aliphatic carbocycles. The molecule has 1 amide bonds. The standard InChI is InChI=1S/C15H15NO4/c1-20-13-9-7-11(8-10-13)14(17)15(18)16(19)12-5-3-2-4-6-12/h2-10,14,17,19H,1H3. The Balaban J connectivity index is 2.15. The third-order valence-corrected chi connectivity index (χ3v) is 2.87. The summed E-state index contributed by atoms with van der Waals surface area (Å²) in [6.45, 7) is 0. The fraction of sp³-hybridized carbons (Fsp3) is 0.133. The molecule has 20 heavy (non-hydrogen) atoms. The number of benzene rings is 2. The summed E-state index contributed by atoms with van der Waals surface area (Å²) >= 11 is 0. The van der Waals surface area contributed by atoms with Gasteiger partial charge < -0.3 is 9.84 Å². The van der Waals surface area contributed by atoms with Gasteiger partial charge >= 0.3 is 0 Å². The zero-order chi connectivity index (χ0) is 14.5. The summed E-state index contributed by atoms with van der Waals surface area (Å²) in [5, 5.41) is 20.3. The van der Waals surface area contributed by atoms with Crippen LogP contribution in [0.3, 0.4) is 0 Å². The number of nitrogens with zero attached hydrogens (tertiary/aromatic N) is 1. The highest BCUT2D eigenvalue weighted by atomic mass is 16.5. The topological polar surface area (TPSA) is 70.0 Å². The third-order valence-electron chi connectivity index (χ3n) is 2.87. The van der Waals surface area contributed by atoms with Gasteiger partial charge in [-0.25, -0.2) is 0 Å². The quantitative estimate of drug-likeness (QED) is 0.661. The number of methoxy groups -OCH3 is 1. The van der Waals surface area contributed by atoms with Crippen LogP contribution in [0.1, 0.15) is 11.7 Å². The zero-order valence-corrected chi connectivity index (χ0v) is 10.9. The second-order valence-electron chi connectivity index (χ2n) is 4.16. The zero-order valence-electron chi connectivity index (χ0n) is 10.9. The van der Waals surface area contributed by atoms with Gasteiger partial charge in [0, 0.05) is 0 Å². The number of hydroxylamine groups is 1. The first-order valence-corrected chi connectivity index (χ1v) is 6.03. The van der Waals surface area contributed by atoms with E-state index in [0.29, 0.717) is 22.1 Å². The molecule has 0 fully saturated rings. The van der Waals surface area contributed by atoms with Crippen molar-refractivity contribution in [1.82, 2.24) is 0 Å². The van der Waals surface area contributed by atoms with E-state index < -0.39 is 12.0 Å². The highest BCUT2D eigenvalue weighted by molar-refractivity contribution is 5.94. The number of hydrogen-bond acceptors (Lipinski definition) is 4. The van der Waals surface area contributed by atoms with Gasteiger partial charge in [-0.2, -0.15) is 5.06 Å². The van der Waals surface area contributed by atoms with Gasteiger partial charge in [-0.1, -0.05) is 30.3 Å². The molecule has 0 aromatic heterocycles. The van der Waals surface area contributed by atoms with E-state index in [1.165, 1.54) is 7.11 Å². The highest BCUT2D eigenvalue weighted by Crippen LogP contribution is 2.21. The van der Waals surface area contributed by atoms with Crippen molar-refractivity contribution in [3.63, 3.8) is 0 Å². The molecule has 1 atom stereocenters. The summed E-state index contributed by atoms with van der Waals surface area (Å²) in [6.07, 6.45) is -1.44. The van der Waals surface area contributed by atoms with Crippen LogP contribution in [0, 0.1) is 0 Å². The van der Waals surface area contributed by atoms with E-state index in [1.807, 2.05) is 0 Å². The van der Waals surface area contributed by atoms with Gasteiger partial charge in [0.15, 0.2) is 6.10 Å². The number of aliphatic hydroxyl groups is 1. The van der Waals surface area contributed by atoms with Crippen molar-refractivity contribution in [1.29, 1.82) is 0 Å². The summed E-state index contributed by atoms with van der Waals surface area (Å²) in [5.41, 5.74) is 0.677. The molecule has 2 N–H and O–H groups in total. The monoisotopic (exact) mass is 273 g/mol. The molecular formula is C15H15NO4. The summed E-state index contributed by atoms with van der Waals surface area (Å²) in [7, 11) is 1.53. The van der Waals surface area contributed by atoms with Crippen LogP contribution in [-0.4, -0.2) is 23.3 Å². The number of carbonyl (C=O) groups is 1. The molecule has 0 heterocycles. The van der Waals surface area contributed by atoms with Gasteiger partial charge in [0.25, 0.3) is 5.91 Å². The SMILES string of the molecule is COc1ccc(C(O)C(=O)N(O)c2ccccc2)cc1. The molecule has 0 radical (unpaired) electrons. The average molecular weight is 273 g/mol. The molecule has 2 aromatic carbocycles. The maximum Gasteiger partial charge on any atom is 0.284 e. The van der Waals surface area contributed by atoms with Crippen LogP contribution in [0.5, 0.6) is 5.75 Å². The van der Waals surface area contributed by atoms with E-state index in [2.05, 4.69) is 0 Å². The number of aliphatic hydroxyl groups excluding tert-OH is 1. The number of amides is 1. The Hall–Kier alpha value is -2.37. The van der Waals surface area contributed by atoms with Crippen molar-refractivity contribution in [3.8, 4) is 5.75 Å². The molecule has 2 aromatic rings. The summed E-state index contributed by atoms with van der Waals surface area (Å²) < 4.78 is 5.00.